The predicted molar refractivity (Wildman–Crippen MR) is 142 cm³/mol. The number of aryl methyl sites for hydroxylation is 4. The lowest BCUT2D eigenvalue weighted by Gasteiger charge is -2.31. The van der Waals surface area contributed by atoms with E-state index in [1.54, 1.807) is 13.0 Å². The average molecular weight is 508 g/mol. The zero-order valence-corrected chi connectivity index (χ0v) is 22.3. The maximum Gasteiger partial charge on any atom is 0.248 e. The normalized spacial score (nSPS) is 17.0. The zero-order chi connectivity index (χ0) is 26.0. The summed E-state index contributed by atoms with van der Waals surface area (Å²) >= 11 is 0. The Balaban J connectivity index is 1.56. The van der Waals surface area contributed by atoms with Crippen LogP contribution in [0.5, 0.6) is 0 Å². The molecule has 8 heteroatoms. The Bertz CT molecular complexity index is 1420. The minimum Gasteiger partial charge on any atom is -0.355 e. The van der Waals surface area contributed by atoms with Crippen molar-refractivity contribution in [3.63, 3.8) is 0 Å². The van der Waals surface area contributed by atoms with Gasteiger partial charge in [-0.2, -0.15) is 4.31 Å². The van der Waals surface area contributed by atoms with E-state index in [1.165, 1.54) is 4.31 Å². The van der Waals surface area contributed by atoms with Gasteiger partial charge in [0.1, 0.15) is 5.69 Å². The van der Waals surface area contributed by atoms with Crippen LogP contribution < -0.4 is 5.32 Å². The molecule has 1 N–H and O–H groups in total. The van der Waals surface area contributed by atoms with Crippen molar-refractivity contribution in [1.29, 1.82) is 0 Å². The largest absolute Gasteiger partial charge is 0.355 e. The molecule has 0 bridgehead atoms. The van der Waals surface area contributed by atoms with Gasteiger partial charge in [0, 0.05) is 18.8 Å². The van der Waals surface area contributed by atoms with Gasteiger partial charge in [-0.1, -0.05) is 47.1 Å². The average Bonchev–Trinajstić information content (AvgIpc) is 3.23. The van der Waals surface area contributed by atoms with Crippen LogP contribution >= 0.6 is 0 Å². The lowest BCUT2D eigenvalue weighted by molar-refractivity contribution is -0.120. The van der Waals surface area contributed by atoms with Gasteiger partial charge in [0.25, 0.3) is 0 Å². The SMILES string of the molecule is Cc1ccc(C)c(C=Cc2onc(C)c2S(=O)(=O)N2CCCC(C(=O)Nc3cccc(C)c3C)C2)c1. The second-order valence-corrected chi connectivity index (χ2v) is 11.5. The molecule has 0 radical (unpaired) electrons. The van der Waals surface area contributed by atoms with Crippen LogP contribution in [0.1, 0.15) is 52.1 Å². The van der Waals surface area contributed by atoms with Gasteiger partial charge in [-0.3, -0.25) is 4.79 Å². The fourth-order valence-electron chi connectivity index (χ4n) is 4.53. The molecule has 3 aromatic rings. The number of nitrogens with one attached hydrogen (secondary N) is 1. The first-order valence-electron chi connectivity index (χ1n) is 12.2. The number of hydrogen-bond donors (Lipinski definition) is 1. The molecule has 2 heterocycles. The topological polar surface area (TPSA) is 92.5 Å². The molecule has 1 aliphatic rings. The van der Waals surface area contributed by atoms with E-state index in [9.17, 15) is 13.2 Å². The van der Waals surface area contributed by atoms with Crippen LogP contribution in [-0.2, 0) is 14.8 Å². The summed E-state index contributed by atoms with van der Waals surface area (Å²) in [5, 5.41) is 6.94. The Kier molecular flexibility index (Phi) is 7.47. The number of hydrogen-bond acceptors (Lipinski definition) is 5. The molecule has 4 rings (SSSR count). The van der Waals surface area contributed by atoms with Crippen LogP contribution in [0.4, 0.5) is 5.69 Å². The Morgan fingerprint density at radius 2 is 1.86 bits per heavy atom. The first kappa shape index (κ1) is 25.9. The number of benzene rings is 2. The quantitative estimate of drug-likeness (QED) is 0.481. The molecule has 7 nitrogen and oxygen atoms in total. The molecule has 2 aromatic carbocycles. The van der Waals surface area contributed by atoms with Crippen molar-refractivity contribution < 1.29 is 17.7 Å². The van der Waals surface area contributed by atoms with Crippen LogP contribution in [0.2, 0.25) is 0 Å². The van der Waals surface area contributed by atoms with Crippen molar-refractivity contribution in [2.24, 2.45) is 5.92 Å². The number of amides is 1. The minimum absolute atomic E-state index is 0.0552. The fourth-order valence-corrected chi connectivity index (χ4v) is 6.30. The van der Waals surface area contributed by atoms with E-state index in [4.69, 9.17) is 4.52 Å². The summed E-state index contributed by atoms with van der Waals surface area (Å²) in [6.45, 7) is 10.1. The zero-order valence-electron chi connectivity index (χ0n) is 21.5. The second kappa shape index (κ2) is 10.4. The summed E-state index contributed by atoms with van der Waals surface area (Å²) in [7, 11) is -3.91. The lowest BCUT2D eigenvalue weighted by atomic mass is 9.98. The highest BCUT2D eigenvalue weighted by Crippen LogP contribution is 2.30. The molecule has 1 atom stereocenters. The monoisotopic (exact) mass is 507 g/mol. The standard InChI is InChI=1S/C28H33N3O4S/c1-18-11-12-20(3)23(16-18)13-14-26-27(22(5)30-35-26)36(33,34)31-15-7-9-24(17-31)28(32)29-25-10-6-8-19(2)21(25)4/h6,8,10-14,16,24H,7,9,15,17H2,1-5H3,(H,29,32). The highest BCUT2D eigenvalue weighted by atomic mass is 32.2. The van der Waals surface area contributed by atoms with E-state index in [-0.39, 0.29) is 23.1 Å². The fraction of sp³-hybridized carbons (Fsp3) is 0.357. The summed E-state index contributed by atoms with van der Waals surface area (Å²) in [5.41, 5.74) is 6.32. The van der Waals surface area contributed by atoms with Crippen molar-refractivity contribution in [3.8, 4) is 0 Å². The highest BCUT2D eigenvalue weighted by molar-refractivity contribution is 7.89. The molecule has 1 aromatic heterocycles. The summed E-state index contributed by atoms with van der Waals surface area (Å²) in [6.07, 6.45) is 4.73. The van der Waals surface area contributed by atoms with Gasteiger partial charge in [0.15, 0.2) is 10.7 Å². The number of carbonyl (C=O) groups is 1. The maximum atomic E-state index is 13.7. The van der Waals surface area contributed by atoms with Crippen LogP contribution in [-0.4, -0.2) is 36.9 Å². The molecular formula is C28H33N3O4S. The number of nitrogens with zero attached hydrogens (tertiary/aromatic N) is 2. The molecule has 1 unspecified atom stereocenters. The van der Waals surface area contributed by atoms with Crippen LogP contribution in [0.15, 0.2) is 45.8 Å². The summed E-state index contributed by atoms with van der Waals surface area (Å²) in [4.78, 5) is 13.1. The van der Waals surface area contributed by atoms with E-state index in [1.807, 2.05) is 70.2 Å². The van der Waals surface area contributed by atoms with Crippen LogP contribution in [0.25, 0.3) is 12.2 Å². The first-order valence-corrected chi connectivity index (χ1v) is 13.6. The summed E-state index contributed by atoms with van der Waals surface area (Å²) in [6, 6.07) is 11.9. The number of aromatic nitrogens is 1. The van der Waals surface area contributed by atoms with Gasteiger partial charge in [0.2, 0.25) is 15.9 Å². The summed E-state index contributed by atoms with van der Waals surface area (Å²) < 4.78 is 34.2. The molecule has 1 aliphatic heterocycles. The molecular weight excluding hydrogens is 474 g/mol. The Morgan fingerprint density at radius 1 is 1.08 bits per heavy atom. The molecule has 190 valence electrons. The van der Waals surface area contributed by atoms with Crippen molar-refractivity contribution in [2.75, 3.05) is 18.4 Å². The molecule has 36 heavy (non-hydrogen) atoms. The van der Waals surface area contributed by atoms with Crippen molar-refractivity contribution in [2.45, 2.75) is 52.4 Å². The van der Waals surface area contributed by atoms with Crippen LogP contribution in [0.3, 0.4) is 0 Å². The van der Waals surface area contributed by atoms with E-state index in [2.05, 4.69) is 10.5 Å². The van der Waals surface area contributed by atoms with Gasteiger partial charge >= 0.3 is 0 Å². The highest BCUT2D eigenvalue weighted by Gasteiger charge is 2.37. The van der Waals surface area contributed by atoms with Gasteiger partial charge < -0.3 is 9.84 Å². The van der Waals surface area contributed by atoms with Crippen molar-refractivity contribution >= 4 is 33.8 Å². The predicted octanol–water partition coefficient (Wildman–Crippen LogP) is 5.43. The maximum absolute atomic E-state index is 13.7. The van der Waals surface area contributed by atoms with Gasteiger partial charge in [-0.05, 0) is 81.9 Å². The number of sulfonamides is 1. The lowest BCUT2D eigenvalue weighted by Crippen LogP contribution is -2.44. The molecule has 0 spiro atoms. The molecule has 1 saturated heterocycles. The Hall–Kier alpha value is -3.23. The van der Waals surface area contributed by atoms with Crippen LogP contribution in [0, 0.1) is 40.5 Å². The smallest absolute Gasteiger partial charge is 0.248 e. The number of anilines is 1. The van der Waals surface area contributed by atoms with Gasteiger partial charge in [0.05, 0.1) is 5.92 Å². The van der Waals surface area contributed by atoms with E-state index in [0.29, 0.717) is 25.1 Å². The number of piperidine rings is 1. The number of rotatable bonds is 6. The summed E-state index contributed by atoms with van der Waals surface area (Å²) in [5.74, 6) is -0.418. The van der Waals surface area contributed by atoms with E-state index in [0.717, 1.165) is 33.5 Å². The Labute approximate surface area is 213 Å². The van der Waals surface area contributed by atoms with E-state index >= 15 is 0 Å². The van der Waals surface area contributed by atoms with Gasteiger partial charge in [-0.25, -0.2) is 8.42 Å². The third-order valence-electron chi connectivity index (χ3n) is 6.90. The third kappa shape index (κ3) is 5.29. The molecule has 0 saturated carbocycles. The minimum atomic E-state index is -3.91. The molecule has 0 aliphatic carbocycles. The first-order chi connectivity index (χ1) is 17.1. The molecule has 1 fully saturated rings. The molecule has 1 amide bonds. The number of carbonyl (C=O) groups excluding carboxylic acids is 1. The second-order valence-electron chi connectivity index (χ2n) is 9.59. The third-order valence-corrected chi connectivity index (χ3v) is 8.92. The Morgan fingerprint density at radius 3 is 2.64 bits per heavy atom. The van der Waals surface area contributed by atoms with Crippen molar-refractivity contribution in [1.82, 2.24) is 9.46 Å². The van der Waals surface area contributed by atoms with Gasteiger partial charge in [-0.15, -0.1) is 0 Å². The van der Waals surface area contributed by atoms with Crippen molar-refractivity contribution in [3.05, 3.63) is 75.7 Å². The van der Waals surface area contributed by atoms with E-state index < -0.39 is 15.9 Å².